The van der Waals surface area contributed by atoms with Gasteiger partial charge in [0.25, 0.3) is 0 Å². The molecule has 0 radical (unpaired) electrons. The van der Waals surface area contributed by atoms with Crippen molar-refractivity contribution in [2.24, 2.45) is 5.92 Å². The minimum Gasteiger partial charge on any atom is -0.374 e. The van der Waals surface area contributed by atoms with Gasteiger partial charge in [-0.1, -0.05) is 33.5 Å². The summed E-state index contributed by atoms with van der Waals surface area (Å²) in [7, 11) is -1.25. The highest BCUT2D eigenvalue weighted by molar-refractivity contribution is 6.76. The lowest BCUT2D eigenvalue weighted by atomic mass is 9.96. The molecule has 11 heteroatoms. The van der Waals surface area contributed by atoms with E-state index in [1.807, 2.05) is 10.8 Å². The van der Waals surface area contributed by atoms with Crippen molar-refractivity contribution in [1.82, 2.24) is 14.5 Å². The molecule has 6 nitrogen and oxygen atoms in total. The topological polar surface area (TPSA) is 69.0 Å². The molecule has 0 saturated heterocycles. The zero-order valence-electron chi connectivity index (χ0n) is 21.8. The fourth-order valence-electron chi connectivity index (χ4n) is 3.90. The second kappa shape index (κ2) is 11.7. The van der Waals surface area contributed by atoms with Crippen LogP contribution in [0.5, 0.6) is 0 Å². The van der Waals surface area contributed by atoms with E-state index in [2.05, 4.69) is 34.9 Å². The van der Waals surface area contributed by atoms with Gasteiger partial charge in [0, 0.05) is 56.2 Å². The van der Waals surface area contributed by atoms with Crippen LogP contribution in [0.1, 0.15) is 26.7 Å². The Bertz CT molecular complexity index is 1220. The summed E-state index contributed by atoms with van der Waals surface area (Å²) in [5.74, 6) is -1.24. The molecule has 3 aromatic heterocycles. The first kappa shape index (κ1) is 28.8. The first-order chi connectivity index (χ1) is 17.2. The van der Waals surface area contributed by atoms with Crippen LogP contribution in [0.25, 0.3) is 22.2 Å². The molecule has 0 amide bonds. The SMILES string of the molecule is CC(C)C(Nc1cncc(-c2cn(COCC[Si](C)(C)C)c3ncc(F)cc23)c1)C(=O)CCC(F)(F)F. The van der Waals surface area contributed by atoms with Crippen molar-refractivity contribution in [2.75, 3.05) is 11.9 Å². The number of fused-ring (bicyclic) bond motifs is 1. The molecular weight excluding hydrogens is 504 g/mol. The number of aromatic nitrogens is 3. The summed E-state index contributed by atoms with van der Waals surface area (Å²) in [6.07, 6.45) is -0.0592. The van der Waals surface area contributed by atoms with Crippen molar-refractivity contribution in [3.63, 3.8) is 0 Å². The number of pyridine rings is 2. The quantitative estimate of drug-likeness (QED) is 0.154. The Hall–Kier alpha value is -2.79. The van der Waals surface area contributed by atoms with E-state index in [1.54, 1.807) is 26.1 Å². The molecule has 0 spiro atoms. The number of halogens is 4. The van der Waals surface area contributed by atoms with E-state index in [0.29, 0.717) is 34.5 Å². The molecule has 1 unspecified atom stereocenters. The second-order valence-corrected chi connectivity index (χ2v) is 16.4. The van der Waals surface area contributed by atoms with Crippen molar-refractivity contribution < 1.29 is 27.1 Å². The van der Waals surface area contributed by atoms with Crippen LogP contribution in [0.3, 0.4) is 0 Å². The number of Topliss-reactive ketones (excluding diaryl/α,β-unsaturated/α-hetero) is 1. The van der Waals surface area contributed by atoms with Gasteiger partial charge in [-0.3, -0.25) is 9.78 Å². The van der Waals surface area contributed by atoms with Crippen molar-refractivity contribution in [1.29, 1.82) is 0 Å². The second-order valence-electron chi connectivity index (χ2n) is 10.8. The van der Waals surface area contributed by atoms with Crippen molar-refractivity contribution >= 4 is 30.6 Å². The smallest absolute Gasteiger partial charge is 0.374 e. The van der Waals surface area contributed by atoms with Crippen molar-refractivity contribution in [3.8, 4) is 11.1 Å². The van der Waals surface area contributed by atoms with Crippen LogP contribution in [-0.4, -0.2) is 47.2 Å². The molecule has 0 aliphatic rings. The van der Waals surface area contributed by atoms with E-state index in [-0.39, 0.29) is 12.6 Å². The minimum absolute atomic E-state index is 0.238. The molecule has 0 aliphatic heterocycles. The third kappa shape index (κ3) is 8.36. The number of ketones is 1. The number of nitrogens with one attached hydrogen (secondary N) is 1. The van der Waals surface area contributed by atoms with Gasteiger partial charge in [0.1, 0.15) is 18.2 Å². The van der Waals surface area contributed by atoms with Crippen LogP contribution in [0.2, 0.25) is 25.7 Å². The maximum absolute atomic E-state index is 14.1. The van der Waals surface area contributed by atoms with Gasteiger partial charge >= 0.3 is 6.18 Å². The summed E-state index contributed by atoms with van der Waals surface area (Å²) in [6, 6.07) is 3.35. The van der Waals surface area contributed by atoms with Crippen LogP contribution in [0.4, 0.5) is 23.2 Å². The average molecular weight is 539 g/mol. The lowest BCUT2D eigenvalue weighted by molar-refractivity contribution is -0.143. The normalized spacial score (nSPS) is 13.4. The fraction of sp³-hybridized carbons (Fsp3) is 0.500. The third-order valence-corrected chi connectivity index (χ3v) is 7.65. The van der Waals surface area contributed by atoms with Crippen LogP contribution in [0.15, 0.2) is 36.9 Å². The zero-order valence-corrected chi connectivity index (χ0v) is 22.8. The highest BCUT2D eigenvalue weighted by Gasteiger charge is 2.31. The number of anilines is 1. The van der Waals surface area contributed by atoms with Crippen LogP contribution < -0.4 is 5.32 Å². The molecule has 3 rings (SSSR count). The molecule has 0 saturated carbocycles. The lowest BCUT2D eigenvalue weighted by Gasteiger charge is -2.22. The summed E-state index contributed by atoms with van der Waals surface area (Å²) in [4.78, 5) is 21.1. The summed E-state index contributed by atoms with van der Waals surface area (Å²) < 4.78 is 59.7. The highest BCUT2D eigenvalue weighted by atomic mass is 28.3. The number of carbonyl (C=O) groups excluding carboxylic acids is 1. The fourth-order valence-corrected chi connectivity index (χ4v) is 4.66. The number of rotatable bonds is 12. The van der Waals surface area contributed by atoms with Crippen molar-refractivity contribution in [3.05, 3.63) is 42.7 Å². The van der Waals surface area contributed by atoms with E-state index in [4.69, 9.17) is 4.74 Å². The lowest BCUT2D eigenvalue weighted by Crippen LogP contribution is -2.35. The summed E-state index contributed by atoms with van der Waals surface area (Å²) >= 11 is 0. The Morgan fingerprint density at radius 2 is 1.89 bits per heavy atom. The zero-order chi connectivity index (χ0) is 27.4. The number of hydrogen-bond acceptors (Lipinski definition) is 5. The largest absolute Gasteiger partial charge is 0.389 e. The molecule has 202 valence electrons. The maximum Gasteiger partial charge on any atom is 0.389 e. The molecule has 0 aliphatic carbocycles. The summed E-state index contributed by atoms with van der Waals surface area (Å²) in [5, 5.41) is 3.63. The molecule has 0 bridgehead atoms. The average Bonchev–Trinajstić information content (AvgIpc) is 3.15. The van der Waals surface area contributed by atoms with E-state index in [0.717, 1.165) is 12.2 Å². The molecule has 1 N–H and O–H groups in total. The van der Waals surface area contributed by atoms with Gasteiger partial charge in [-0.05, 0) is 24.1 Å². The van der Waals surface area contributed by atoms with Crippen LogP contribution in [-0.2, 0) is 16.3 Å². The standard InChI is InChI=1S/C26H34F4N4O2Si/c1-17(2)24(23(35)6-7-26(28,29)30)33-20-10-18(12-31-14-20)22-15-34(16-36-8-9-37(3,4)5)25-21(22)11-19(27)13-32-25/h10-15,17,24,33H,6-9,16H2,1-5H3. The van der Waals surface area contributed by atoms with Crippen LogP contribution in [0, 0.1) is 11.7 Å². The number of carbonyl (C=O) groups is 1. The van der Waals surface area contributed by atoms with E-state index < -0.39 is 44.7 Å². The van der Waals surface area contributed by atoms with Gasteiger partial charge in [-0.25, -0.2) is 9.37 Å². The number of nitrogens with zero attached hydrogens (tertiary/aromatic N) is 3. The van der Waals surface area contributed by atoms with Gasteiger partial charge < -0.3 is 14.6 Å². The molecular formula is C26H34F4N4O2Si. The van der Waals surface area contributed by atoms with Gasteiger partial charge in [-0.2, -0.15) is 13.2 Å². The molecule has 3 heterocycles. The van der Waals surface area contributed by atoms with Crippen molar-refractivity contribution in [2.45, 2.75) is 71.3 Å². The molecule has 3 aromatic rings. The Morgan fingerprint density at radius 3 is 2.54 bits per heavy atom. The van der Waals surface area contributed by atoms with Gasteiger partial charge in [-0.15, -0.1) is 0 Å². The summed E-state index contributed by atoms with van der Waals surface area (Å²) in [5.41, 5.74) is 2.36. The predicted molar refractivity (Wildman–Crippen MR) is 140 cm³/mol. The number of ether oxygens (including phenoxy) is 1. The molecule has 37 heavy (non-hydrogen) atoms. The number of hydrogen-bond donors (Lipinski definition) is 1. The molecule has 0 fully saturated rings. The Kier molecular flexibility index (Phi) is 9.12. The van der Waals surface area contributed by atoms with Gasteiger partial charge in [0.05, 0.1) is 24.3 Å². The van der Waals surface area contributed by atoms with Gasteiger partial charge in [0.2, 0.25) is 0 Å². The van der Waals surface area contributed by atoms with E-state index in [9.17, 15) is 22.4 Å². The first-order valence-corrected chi connectivity index (χ1v) is 16.0. The van der Waals surface area contributed by atoms with E-state index >= 15 is 0 Å². The minimum atomic E-state index is -4.39. The highest BCUT2D eigenvalue weighted by Crippen LogP contribution is 2.32. The Morgan fingerprint density at radius 1 is 1.16 bits per heavy atom. The molecule has 0 aromatic carbocycles. The monoisotopic (exact) mass is 538 g/mol. The maximum atomic E-state index is 14.1. The number of alkyl halides is 3. The first-order valence-electron chi connectivity index (χ1n) is 12.3. The summed E-state index contributed by atoms with van der Waals surface area (Å²) in [6.45, 7) is 11.2. The predicted octanol–water partition coefficient (Wildman–Crippen LogP) is 6.90. The van der Waals surface area contributed by atoms with Crippen LogP contribution >= 0.6 is 0 Å². The molecule has 1 atom stereocenters. The van der Waals surface area contributed by atoms with Gasteiger partial charge in [0.15, 0.2) is 5.78 Å². The Labute approximate surface area is 215 Å². The third-order valence-electron chi connectivity index (χ3n) is 5.95. The Balaban J connectivity index is 1.86. The van der Waals surface area contributed by atoms with E-state index in [1.165, 1.54) is 12.3 Å².